The van der Waals surface area contributed by atoms with Crippen LogP contribution in [0.4, 0.5) is 11.4 Å². The minimum absolute atomic E-state index is 0.00407. The van der Waals surface area contributed by atoms with Gasteiger partial charge in [-0.1, -0.05) is 41.4 Å². The highest BCUT2D eigenvalue weighted by atomic mass is 35.5. The van der Waals surface area contributed by atoms with E-state index in [0.29, 0.717) is 51.1 Å². The van der Waals surface area contributed by atoms with E-state index in [1.54, 1.807) is 48.2 Å². The van der Waals surface area contributed by atoms with Gasteiger partial charge in [-0.05, 0) is 43.5 Å². The number of nitrogens with one attached hydrogen (secondary N) is 1. The van der Waals surface area contributed by atoms with Crippen LogP contribution in [0.3, 0.4) is 0 Å². The molecule has 1 unspecified atom stereocenters. The summed E-state index contributed by atoms with van der Waals surface area (Å²) in [5.41, 5.74) is 8.13. The molecule has 1 spiro atoms. The number of rotatable bonds is 1. The number of carbonyl (C=O) groups excluding carboxylic acids is 2. The number of carbonyl (C=O) groups is 2. The highest BCUT2D eigenvalue weighted by Crippen LogP contribution is 2.56. The van der Waals surface area contributed by atoms with Gasteiger partial charge in [0.05, 0.1) is 22.0 Å². The van der Waals surface area contributed by atoms with E-state index >= 15 is 0 Å². The zero-order valence-corrected chi connectivity index (χ0v) is 18.6. The number of hydrogen-bond donors (Lipinski definition) is 2. The molecule has 6 nitrogen and oxygen atoms in total. The van der Waals surface area contributed by atoms with Gasteiger partial charge in [0.2, 0.25) is 5.91 Å². The van der Waals surface area contributed by atoms with E-state index < -0.39 is 11.3 Å². The number of benzene rings is 2. The van der Waals surface area contributed by atoms with Gasteiger partial charge in [-0.15, -0.1) is 0 Å². The number of halogens is 2. The Balaban J connectivity index is 1.91. The van der Waals surface area contributed by atoms with Crippen molar-refractivity contribution in [1.29, 1.82) is 5.26 Å². The lowest BCUT2D eigenvalue weighted by molar-refractivity contribution is -0.122. The molecule has 0 saturated heterocycles. The van der Waals surface area contributed by atoms with E-state index in [1.165, 1.54) is 0 Å². The highest BCUT2D eigenvalue weighted by molar-refractivity contribution is 6.33. The van der Waals surface area contributed by atoms with Crippen LogP contribution in [0.1, 0.15) is 30.4 Å². The molecule has 1 atom stereocenters. The van der Waals surface area contributed by atoms with Crippen molar-refractivity contribution in [3.63, 3.8) is 0 Å². The minimum Gasteiger partial charge on any atom is -0.384 e. The predicted octanol–water partition coefficient (Wildman–Crippen LogP) is 4.71. The molecule has 2 aliphatic heterocycles. The SMILES string of the molecule is Cc1c(Cl)ccc2c1NC(=O)C21C(C#N)=C(N)N(c2ccccc2Cl)C2=C1C(=O)CCC2. The van der Waals surface area contributed by atoms with Gasteiger partial charge < -0.3 is 11.1 Å². The molecule has 32 heavy (non-hydrogen) atoms. The molecule has 0 radical (unpaired) electrons. The molecule has 0 aromatic heterocycles. The lowest BCUT2D eigenvalue weighted by atomic mass is 9.63. The molecule has 5 rings (SSSR count). The molecule has 160 valence electrons. The molecule has 2 aromatic carbocycles. The Morgan fingerprint density at radius 2 is 1.88 bits per heavy atom. The van der Waals surface area contributed by atoms with Gasteiger partial charge in [-0.3, -0.25) is 14.5 Å². The maximum Gasteiger partial charge on any atom is 0.245 e. The fourth-order valence-corrected chi connectivity index (χ4v) is 5.46. The van der Waals surface area contributed by atoms with Crippen LogP contribution in [0, 0.1) is 18.3 Å². The second-order valence-electron chi connectivity index (χ2n) is 8.06. The van der Waals surface area contributed by atoms with Crippen LogP contribution in [0.2, 0.25) is 10.0 Å². The van der Waals surface area contributed by atoms with Crippen LogP contribution in [-0.4, -0.2) is 11.7 Å². The summed E-state index contributed by atoms with van der Waals surface area (Å²) in [6.45, 7) is 1.79. The van der Waals surface area contributed by atoms with Gasteiger partial charge in [-0.2, -0.15) is 5.26 Å². The summed E-state index contributed by atoms with van der Waals surface area (Å²) in [6, 6.07) is 12.6. The summed E-state index contributed by atoms with van der Waals surface area (Å²) < 4.78 is 0. The second-order valence-corrected chi connectivity index (χ2v) is 8.87. The molecule has 1 aliphatic carbocycles. The first-order chi connectivity index (χ1) is 15.3. The second kappa shape index (κ2) is 7.13. The van der Waals surface area contributed by atoms with E-state index in [9.17, 15) is 14.9 Å². The summed E-state index contributed by atoms with van der Waals surface area (Å²) in [5.74, 6) is -0.567. The van der Waals surface area contributed by atoms with E-state index in [-0.39, 0.29) is 29.2 Å². The van der Waals surface area contributed by atoms with Crippen molar-refractivity contribution >= 4 is 46.3 Å². The number of hydrogen-bond acceptors (Lipinski definition) is 5. The summed E-state index contributed by atoms with van der Waals surface area (Å²) in [7, 11) is 0. The van der Waals surface area contributed by atoms with Crippen molar-refractivity contribution in [1.82, 2.24) is 0 Å². The zero-order chi connectivity index (χ0) is 22.8. The van der Waals surface area contributed by atoms with E-state index in [4.69, 9.17) is 28.9 Å². The van der Waals surface area contributed by atoms with E-state index in [2.05, 4.69) is 11.4 Å². The topological polar surface area (TPSA) is 99.2 Å². The first kappa shape index (κ1) is 20.6. The Morgan fingerprint density at radius 3 is 2.59 bits per heavy atom. The smallest absolute Gasteiger partial charge is 0.245 e. The van der Waals surface area contributed by atoms with Gasteiger partial charge in [-0.25, -0.2) is 0 Å². The largest absolute Gasteiger partial charge is 0.384 e. The molecule has 0 bridgehead atoms. The van der Waals surface area contributed by atoms with E-state index in [0.717, 1.165) is 0 Å². The van der Waals surface area contributed by atoms with Crippen LogP contribution >= 0.6 is 23.2 Å². The number of nitriles is 1. The Hall–Kier alpha value is -3.27. The first-order valence-electron chi connectivity index (χ1n) is 10.2. The lowest BCUT2D eigenvalue weighted by Crippen LogP contribution is -2.50. The third-order valence-electron chi connectivity index (χ3n) is 6.49. The standard InChI is InChI=1S/C24H18Cl2N4O2/c1-12-15(25)10-9-13-21(12)29-23(32)24(13)14(11-27)22(28)30(17-6-3-2-5-16(17)26)18-7-4-8-19(31)20(18)24/h2-3,5-6,9-10H,4,7-8,28H2,1H3,(H,29,32). The Morgan fingerprint density at radius 1 is 1.12 bits per heavy atom. The lowest BCUT2D eigenvalue weighted by Gasteiger charge is -2.43. The highest BCUT2D eigenvalue weighted by Gasteiger charge is 2.60. The molecule has 8 heteroatoms. The molecule has 1 amide bonds. The summed E-state index contributed by atoms with van der Waals surface area (Å²) in [5, 5.41) is 14.1. The van der Waals surface area contributed by atoms with Gasteiger partial charge in [0.15, 0.2) is 5.78 Å². The number of ketones is 1. The van der Waals surface area contributed by atoms with Gasteiger partial charge in [0, 0.05) is 28.3 Å². The number of anilines is 2. The molecule has 3 aliphatic rings. The summed E-state index contributed by atoms with van der Waals surface area (Å²) in [6.07, 6.45) is 1.41. The zero-order valence-electron chi connectivity index (χ0n) is 17.1. The number of allylic oxidation sites excluding steroid dienone is 1. The summed E-state index contributed by atoms with van der Waals surface area (Å²) in [4.78, 5) is 28.8. The maximum absolute atomic E-state index is 13.7. The van der Waals surface area contributed by atoms with Crippen LogP contribution < -0.4 is 16.0 Å². The number of Topliss-reactive ketones (excluding diaryl/α,β-unsaturated/α-hetero) is 1. The molecule has 2 heterocycles. The number of amides is 1. The molecule has 2 aromatic rings. The number of para-hydroxylation sites is 1. The Kier molecular flexibility index (Phi) is 4.59. The quantitative estimate of drug-likeness (QED) is 0.636. The Bertz CT molecular complexity index is 1340. The van der Waals surface area contributed by atoms with Gasteiger partial charge in [0.25, 0.3) is 0 Å². The van der Waals surface area contributed by atoms with Crippen molar-refractivity contribution in [2.75, 3.05) is 10.2 Å². The third-order valence-corrected chi connectivity index (χ3v) is 7.22. The molecular formula is C24H18Cl2N4O2. The average Bonchev–Trinajstić information content (AvgIpc) is 3.05. The number of fused-ring (bicyclic) bond motifs is 3. The van der Waals surface area contributed by atoms with E-state index in [1.807, 2.05) is 0 Å². The van der Waals surface area contributed by atoms with Crippen molar-refractivity contribution < 1.29 is 9.59 Å². The fourth-order valence-electron chi connectivity index (χ4n) is 5.09. The molecule has 0 fully saturated rings. The Labute approximate surface area is 194 Å². The minimum atomic E-state index is -1.62. The summed E-state index contributed by atoms with van der Waals surface area (Å²) >= 11 is 12.8. The van der Waals surface area contributed by atoms with Crippen LogP contribution in [0.5, 0.6) is 0 Å². The predicted molar refractivity (Wildman–Crippen MR) is 123 cm³/mol. The van der Waals surface area contributed by atoms with Crippen LogP contribution in [0.15, 0.2) is 59.1 Å². The van der Waals surface area contributed by atoms with Crippen LogP contribution in [-0.2, 0) is 15.0 Å². The third kappa shape index (κ3) is 2.46. The van der Waals surface area contributed by atoms with Gasteiger partial charge in [0.1, 0.15) is 17.3 Å². The van der Waals surface area contributed by atoms with Crippen molar-refractivity contribution in [3.8, 4) is 6.07 Å². The van der Waals surface area contributed by atoms with Gasteiger partial charge >= 0.3 is 0 Å². The van der Waals surface area contributed by atoms with Crippen molar-refractivity contribution in [3.05, 3.63) is 80.2 Å². The average molecular weight is 465 g/mol. The van der Waals surface area contributed by atoms with Crippen molar-refractivity contribution in [2.45, 2.75) is 31.6 Å². The number of nitrogens with zero attached hydrogens (tertiary/aromatic N) is 2. The number of nitrogens with two attached hydrogens (primary N) is 1. The van der Waals surface area contributed by atoms with Crippen LogP contribution in [0.25, 0.3) is 0 Å². The molecule has 0 saturated carbocycles. The normalized spacial score (nSPS) is 22.1. The monoisotopic (exact) mass is 464 g/mol. The molecule has 3 N–H and O–H groups in total. The molecular weight excluding hydrogens is 447 g/mol. The fraction of sp³-hybridized carbons (Fsp3) is 0.208. The maximum atomic E-state index is 13.7. The first-order valence-corrected chi connectivity index (χ1v) is 10.9. The van der Waals surface area contributed by atoms with Crippen molar-refractivity contribution in [2.24, 2.45) is 5.73 Å².